The van der Waals surface area contributed by atoms with E-state index < -0.39 is 0 Å². The van der Waals surface area contributed by atoms with Gasteiger partial charge in [0, 0.05) is 19.0 Å². The van der Waals surface area contributed by atoms with Crippen LogP contribution >= 0.6 is 0 Å². The highest BCUT2D eigenvalue weighted by Gasteiger charge is 2.04. The number of nitrogens with one attached hydrogen (secondary N) is 1. The van der Waals surface area contributed by atoms with Crippen molar-refractivity contribution >= 4 is 0 Å². The van der Waals surface area contributed by atoms with E-state index >= 15 is 0 Å². The lowest BCUT2D eigenvalue weighted by Crippen LogP contribution is -2.19. The Morgan fingerprint density at radius 1 is 1.25 bits per heavy atom. The number of aryl methyl sites for hydroxylation is 2. The van der Waals surface area contributed by atoms with Gasteiger partial charge in [0.2, 0.25) is 0 Å². The molecule has 0 saturated heterocycles. The lowest BCUT2D eigenvalue weighted by molar-refractivity contribution is 0.583. The van der Waals surface area contributed by atoms with Crippen molar-refractivity contribution in [3.05, 3.63) is 34.9 Å². The lowest BCUT2D eigenvalue weighted by Gasteiger charge is -2.14. The summed E-state index contributed by atoms with van der Waals surface area (Å²) >= 11 is 0. The highest BCUT2D eigenvalue weighted by molar-refractivity contribution is 5.31. The fraction of sp³-hybridized carbons (Fsp3) is 0.467. The van der Waals surface area contributed by atoms with E-state index in [9.17, 15) is 0 Å². The number of benzene rings is 1. The minimum Gasteiger partial charge on any atom is -0.309 e. The Bertz CT molecular complexity index is 396. The van der Waals surface area contributed by atoms with E-state index in [4.69, 9.17) is 0 Å². The first-order valence-corrected chi connectivity index (χ1v) is 5.85. The Kier molecular flexibility index (Phi) is 5.08. The van der Waals surface area contributed by atoms with Gasteiger partial charge in [0.1, 0.15) is 0 Å². The Balaban J connectivity index is 2.54. The van der Waals surface area contributed by atoms with E-state index in [-0.39, 0.29) is 0 Å². The predicted octanol–water partition coefficient (Wildman–Crippen LogP) is 3.37. The third kappa shape index (κ3) is 3.72. The molecule has 86 valence electrons. The summed E-state index contributed by atoms with van der Waals surface area (Å²) in [6.07, 6.45) is 0.922. The molecular formula is C15H21N. The molecule has 1 aromatic rings. The van der Waals surface area contributed by atoms with Gasteiger partial charge in [-0.2, -0.15) is 0 Å². The number of hydrogen-bond donors (Lipinski definition) is 1. The van der Waals surface area contributed by atoms with E-state index in [0.717, 1.165) is 13.0 Å². The second-order valence-electron chi connectivity index (χ2n) is 4.20. The van der Waals surface area contributed by atoms with E-state index in [1.165, 1.54) is 16.7 Å². The fourth-order valence-corrected chi connectivity index (χ4v) is 1.63. The molecule has 0 bridgehead atoms. The summed E-state index contributed by atoms with van der Waals surface area (Å²) in [7, 11) is 0. The molecule has 1 rings (SSSR count). The average molecular weight is 215 g/mol. The molecule has 0 heterocycles. The van der Waals surface area contributed by atoms with Crippen LogP contribution in [-0.4, -0.2) is 6.54 Å². The summed E-state index contributed by atoms with van der Waals surface area (Å²) in [5.74, 6) is 5.97. The van der Waals surface area contributed by atoms with Gasteiger partial charge in [-0.15, -0.1) is 11.8 Å². The van der Waals surface area contributed by atoms with Gasteiger partial charge in [0.05, 0.1) is 0 Å². The lowest BCUT2D eigenvalue weighted by atomic mass is 10.0. The molecule has 16 heavy (non-hydrogen) atoms. The summed E-state index contributed by atoms with van der Waals surface area (Å²) < 4.78 is 0. The molecular weight excluding hydrogens is 194 g/mol. The first-order valence-electron chi connectivity index (χ1n) is 5.85. The molecule has 1 aromatic carbocycles. The fourth-order valence-electron chi connectivity index (χ4n) is 1.63. The monoisotopic (exact) mass is 215 g/mol. The zero-order valence-corrected chi connectivity index (χ0v) is 10.7. The second-order valence-corrected chi connectivity index (χ2v) is 4.20. The van der Waals surface area contributed by atoms with Crippen LogP contribution in [0.3, 0.4) is 0 Å². The standard InChI is InChI=1S/C15H21N/c1-5-6-7-10-16-14(4)15-9-8-12(2)13(3)11-15/h8-9,11,14,16H,7,10H2,1-4H3. The van der Waals surface area contributed by atoms with Crippen molar-refractivity contribution in [1.82, 2.24) is 5.32 Å². The van der Waals surface area contributed by atoms with Crippen LogP contribution in [0.2, 0.25) is 0 Å². The smallest absolute Gasteiger partial charge is 0.0292 e. The molecule has 0 aliphatic heterocycles. The molecule has 0 amide bonds. The van der Waals surface area contributed by atoms with Gasteiger partial charge in [-0.1, -0.05) is 18.2 Å². The normalized spacial score (nSPS) is 11.8. The van der Waals surface area contributed by atoms with Crippen molar-refractivity contribution in [2.24, 2.45) is 0 Å². The van der Waals surface area contributed by atoms with Crippen molar-refractivity contribution in [3.63, 3.8) is 0 Å². The molecule has 0 spiro atoms. The van der Waals surface area contributed by atoms with Crippen molar-refractivity contribution in [2.75, 3.05) is 6.54 Å². The first-order chi connectivity index (χ1) is 7.65. The molecule has 0 aromatic heterocycles. The largest absolute Gasteiger partial charge is 0.309 e. The topological polar surface area (TPSA) is 12.0 Å². The van der Waals surface area contributed by atoms with Gasteiger partial charge in [-0.25, -0.2) is 0 Å². The average Bonchev–Trinajstić information content (AvgIpc) is 2.28. The van der Waals surface area contributed by atoms with Crippen molar-refractivity contribution in [2.45, 2.75) is 40.2 Å². The van der Waals surface area contributed by atoms with E-state index in [1.54, 1.807) is 0 Å². The molecule has 0 saturated carbocycles. The molecule has 0 aliphatic rings. The molecule has 0 radical (unpaired) electrons. The summed E-state index contributed by atoms with van der Waals surface area (Å²) in [5.41, 5.74) is 4.07. The predicted molar refractivity (Wildman–Crippen MR) is 70.4 cm³/mol. The zero-order chi connectivity index (χ0) is 12.0. The van der Waals surface area contributed by atoms with Gasteiger partial charge >= 0.3 is 0 Å². The molecule has 1 atom stereocenters. The SMILES string of the molecule is CC#CCCNC(C)c1ccc(C)c(C)c1. The van der Waals surface area contributed by atoms with Crippen LogP contribution < -0.4 is 5.32 Å². The van der Waals surface area contributed by atoms with E-state index in [1.807, 2.05) is 6.92 Å². The quantitative estimate of drug-likeness (QED) is 0.600. The summed E-state index contributed by atoms with van der Waals surface area (Å²) in [5, 5.41) is 3.48. The molecule has 1 N–H and O–H groups in total. The van der Waals surface area contributed by atoms with Gasteiger partial charge in [0.25, 0.3) is 0 Å². The minimum absolute atomic E-state index is 0.401. The summed E-state index contributed by atoms with van der Waals surface area (Å²) in [6, 6.07) is 7.05. The maximum absolute atomic E-state index is 3.48. The first kappa shape index (κ1) is 12.8. The van der Waals surface area contributed by atoms with Crippen LogP contribution in [0.4, 0.5) is 0 Å². The Labute approximate surface area is 99.3 Å². The van der Waals surface area contributed by atoms with Gasteiger partial charge in [-0.05, 0) is 44.4 Å². The molecule has 0 fully saturated rings. The zero-order valence-electron chi connectivity index (χ0n) is 10.7. The Hall–Kier alpha value is -1.26. The maximum Gasteiger partial charge on any atom is 0.0292 e. The molecule has 1 unspecified atom stereocenters. The molecule has 0 aliphatic carbocycles. The third-order valence-electron chi connectivity index (χ3n) is 2.91. The highest BCUT2D eigenvalue weighted by Crippen LogP contribution is 2.16. The summed E-state index contributed by atoms with van der Waals surface area (Å²) in [6.45, 7) is 9.34. The number of rotatable bonds is 4. The van der Waals surface area contributed by atoms with Crippen LogP contribution in [0, 0.1) is 25.7 Å². The van der Waals surface area contributed by atoms with Gasteiger partial charge < -0.3 is 5.32 Å². The van der Waals surface area contributed by atoms with Crippen LogP contribution in [0.5, 0.6) is 0 Å². The Morgan fingerprint density at radius 3 is 2.62 bits per heavy atom. The second kappa shape index (κ2) is 6.35. The highest BCUT2D eigenvalue weighted by atomic mass is 14.9. The van der Waals surface area contributed by atoms with Gasteiger partial charge in [0.15, 0.2) is 0 Å². The molecule has 1 nitrogen and oxygen atoms in total. The Morgan fingerprint density at radius 2 is 2.00 bits per heavy atom. The van der Waals surface area contributed by atoms with Crippen molar-refractivity contribution in [1.29, 1.82) is 0 Å². The molecule has 1 heteroatoms. The maximum atomic E-state index is 3.48. The minimum atomic E-state index is 0.401. The number of hydrogen-bond acceptors (Lipinski definition) is 1. The van der Waals surface area contributed by atoms with Crippen LogP contribution in [0.1, 0.15) is 43.0 Å². The third-order valence-corrected chi connectivity index (χ3v) is 2.91. The van der Waals surface area contributed by atoms with Crippen molar-refractivity contribution in [3.8, 4) is 11.8 Å². The van der Waals surface area contributed by atoms with Crippen LogP contribution in [0.15, 0.2) is 18.2 Å². The summed E-state index contributed by atoms with van der Waals surface area (Å²) in [4.78, 5) is 0. The van der Waals surface area contributed by atoms with Crippen LogP contribution in [0.25, 0.3) is 0 Å². The van der Waals surface area contributed by atoms with Crippen LogP contribution in [-0.2, 0) is 0 Å². The van der Waals surface area contributed by atoms with Crippen molar-refractivity contribution < 1.29 is 0 Å². The van der Waals surface area contributed by atoms with E-state index in [2.05, 4.69) is 56.1 Å². The van der Waals surface area contributed by atoms with E-state index in [0.29, 0.717) is 6.04 Å². The van der Waals surface area contributed by atoms with Gasteiger partial charge in [-0.3, -0.25) is 0 Å².